The van der Waals surface area contributed by atoms with Crippen LogP contribution in [0.5, 0.6) is 0 Å². The normalized spacial score (nSPS) is 10.9. The standard InChI is InChI=1S/C10H20N2O2/c1-5-11-9(14)7-12-8(13)6-10(2,3)4/h5-7H2,1-4H3,(H,11,14)(H,12,13). The van der Waals surface area contributed by atoms with Crippen LogP contribution in [0, 0.1) is 5.41 Å². The van der Waals surface area contributed by atoms with Crippen LogP contribution < -0.4 is 10.6 Å². The molecule has 82 valence electrons. The molecular weight excluding hydrogens is 180 g/mol. The summed E-state index contributed by atoms with van der Waals surface area (Å²) in [6.07, 6.45) is 0.437. The first-order valence-electron chi connectivity index (χ1n) is 4.88. The first-order valence-corrected chi connectivity index (χ1v) is 4.88. The highest BCUT2D eigenvalue weighted by molar-refractivity contribution is 5.84. The minimum Gasteiger partial charge on any atom is -0.355 e. The van der Waals surface area contributed by atoms with Crippen molar-refractivity contribution in [2.45, 2.75) is 34.1 Å². The highest BCUT2D eigenvalue weighted by Crippen LogP contribution is 2.17. The molecule has 0 saturated heterocycles. The van der Waals surface area contributed by atoms with Crippen LogP contribution >= 0.6 is 0 Å². The number of nitrogens with one attached hydrogen (secondary N) is 2. The van der Waals surface area contributed by atoms with Crippen LogP contribution in [0.2, 0.25) is 0 Å². The van der Waals surface area contributed by atoms with Crippen molar-refractivity contribution in [2.75, 3.05) is 13.1 Å². The monoisotopic (exact) mass is 200 g/mol. The molecule has 0 aromatic rings. The van der Waals surface area contributed by atoms with Gasteiger partial charge in [0.05, 0.1) is 6.54 Å². The zero-order valence-corrected chi connectivity index (χ0v) is 9.44. The SMILES string of the molecule is CCNC(=O)CNC(=O)CC(C)(C)C. The lowest BCUT2D eigenvalue weighted by molar-refractivity contribution is -0.127. The maximum absolute atomic E-state index is 11.3. The van der Waals surface area contributed by atoms with Crippen LogP contribution in [0.4, 0.5) is 0 Å². The molecule has 0 saturated carbocycles. The maximum Gasteiger partial charge on any atom is 0.239 e. The van der Waals surface area contributed by atoms with Gasteiger partial charge in [0.25, 0.3) is 0 Å². The molecule has 2 amide bonds. The van der Waals surface area contributed by atoms with Gasteiger partial charge in [0.2, 0.25) is 11.8 Å². The molecule has 0 unspecified atom stereocenters. The van der Waals surface area contributed by atoms with Gasteiger partial charge in [0.1, 0.15) is 0 Å². The largest absolute Gasteiger partial charge is 0.355 e. The van der Waals surface area contributed by atoms with E-state index >= 15 is 0 Å². The van der Waals surface area contributed by atoms with E-state index in [4.69, 9.17) is 0 Å². The lowest BCUT2D eigenvalue weighted by Gasteiger charge is -2.16. The van der Waals surface area contributed by atoms with Crippen LogP contribution in [0.25, 0.3) is 0 Å². The van der Waals surface area contributed by atoms with Crippen LogP contribution in [0.3, 0.4) is 0 Å². The third-order valence-electron chi connectivity index (χ3n) is 1.51. The Kier molecular flexibility index (Phi) is 5.20. The second-order valence-corrected chi connectivity index (χ2v) is 4.47. The van der Waals surface area contributed by atoms with Crippen molar-refractivity contribution in [3.63, 3.8) is 0 Å². The molecule has 14 heavy (non-hydrogen) atoms. The van der Waals surface area contributed by atoms with Crippen molar-refractivity contribution in [3.8, 4) is 0 Å². The van der Waals surface area contributed by atoms with Crippen LogP contribution in [0.1, 0.15) is 34.1 Å². The molecule has 0 aromatic carbocycles. The molecule has 0 fully saturated rings. The molecule has 4 heteroatoms. The Morgan fingerprint density at radius 2 is 1.64 bits per heavy atom. The van der Waals surface area contributed by atoms with Crippen molar-refractivity contribution in [3.05, 3.63) is 0 Å². The quantitative estimate of drug-likeness (QED) is 0.701. The van der Waals surface area contributed by atoms with E-state index < -0.39 is 0 Å². The number of hydrogen-bond acceptors (Lipinski definition) is 2. The minimum absolute atomic E-state index is 0.0364. The molecular formula is C10H20N2O2. The Morgan fingerprint density at radius 3 is 2.07 bits per heavy atom. The predicted octanol–water partition coefficient (Wildman–Crippen LogP) is 0.675. The Morgan fingerprint density at radius 1 is 1.07 bits per heavy atom. The molecule has 0 atom stereocenters. The van der Waals surface area contributed by atoms with E-state index in [0.717, 1.165) is 0 Å². The molecule has 0 rings (SSSR count). The van der Waals surface area contributed by atoms with Crippen molar-refractivity contribution >= 4 is 11.8 Å². The van der Waals surface area contributed by atoms with Crippen LogP contribution in [-0.2, 0) is 9.59 Å². The molecule has 0 aliphatic heterocycles. The summed E-state index contributed by atoms with van der Waals surface area (Å²) in [7, 11) is 0. The molecule has 4 nitrogen and oxygen atoms in total. The smallest absolute Gasteiger partial charge is 0.239 e. The van der Waals surface area contributed by atoms with Crippen molar-refractivity contribution in [1.29, 1.82) is 0 Å². The topological polar surface area (TPSA) is 58.2 Å². The fourth-order valence-electron chi connectivity index (χ4n) is 0.983. The Labute approximate surface area is 85.4 Å². The van der Waals surface area contributed by atoms with E-state index in [2.05, 4.69) is 10.6 Å². The molecule has 0 heterocycles. The van der Waals surface area contributed by atoms with Gasteiger partial charge in [0, 0.05) is 13.0 Å². The summed E-state index contributed by atoms with van der Waals surface area (Å²) in [5, 5.41) is 5.18. The van der Waals surface area contributed by atoms with Crippen molar-refractivity contribution in [1.82, 2.24) is 10.6 Å². The van der Waals surface area contributed by atoms with Gasteiger partial charge in [-0.05, 0) is 12.3 Å². The van der Waals surface area contributed by atoms with E-state index in [0.29, 0.717) is 13.0 Å². The Bertz CT molecular complexity index is 207. The fraction of sp³-hybridized carbons (Fsp3) is 0.800. The molecule has 0 spiro atoms. The highest BCUT2D eigenvalue weighted by Gasteiger charge is 2.15. The summed E-state index contributed by atoms with van der Waals surface area (Å²) in [4.78, 5) is 22.3. The highest BCUT2D eigenvalue weighted by atomic mass is 16.2. The van der Waals surface area contributed by atoms with E-state index in [1.165, 1.54) is 0 Å². The van der Waals surface area contributed by atoms with Gasteiger partial charge in [0.15, 0.2) is 0 Å². The van der Waals surface area contributed by atoms with Gasteiger partial charge in [-0.15, -0.1) is 0 Å². The third kappa shape index (κ3) is 7.58. The van der Waals surface area contributed by atoms with Gasteiger partial charge >= 0.3 is 0 Å². The zero-order chi connectivity index (χ0) is 11.2. The summed E-state index contributed by atoms with van der Waals surface area (Å²) in [6.45, 7) is 8.46. The lowest BCUT2D eigenvalue weighted by Crippen LogP contribution is -2.37. The fourth-order valence-corrected chi connectivity index (χ4v) is 0.983. The number of amides is 2. The lowest BCUT2D eigenvalue weighted by atomic mass is 9.92. The van der Waals surface area contributed by atoms with Crippen LogP contribution in [0.15, 0.2) is 0 Å². The van der Waals surface area contributed by atoms with E-state index in [1.807, 2.05) is 27.7 Å². The zero-order valence-electron chi connectivity index (χ0n) is 9.44. The van der Waals surface area contributed by atoms with Gasteiger partial charge in [-0.3, -0.25) is 9.59 Å². The molecule has 0 radical (unpaired) electrons. The first kappa shape index (κ1) is 12.9. The molecule has 0 aliphatic carbocycles. The summed E-state index contributed by atoms with van der Waals surface area (Å²) in [5.74, 6) is -0.224. The summed E-state index contributed by atoms with van der Waals surface area (Å²) in [5.41, 5.74) is -0.0364. The number of carbonyl (C=O) groups is 2. The van der Waals surface area contributed by atoms with Crippen LogP contribution in [-0.4, -0.2) is 24.9 Å². The average molecular weight is 200 g/mol. The second-order valence-electron chi connectivity index (χ2n) is 4.47. The average Bonchev–Trinajstić information content (AvgIpc) is 1.98. The number of likely N-dealkylation sites (N-methyl/N-ethyl adjacent to an activating group) is 1. The molecule has 0 bridgehead atoms. The van der Waals surface area contributed by atoms with E-state index in [1.54, 1.807) is 0 Å². The first-order chi connectivity index (χ1) is 6.35. The molecule has 0 aromatic heterocycles. The summed E-state index contributed by atoms with van der Waals surface area (Å²) < 4.78 is 0. The third-order valence-corrected chi connectivity index (χ3v) is 1.51. The summed E-state index contributed by atoms with van der Waals surface area (Å²) >= 11 is 0. The number of rotatable bonds is 4. The maximum atomic E-state index is 11.3. The Balaban J connectivity index is 3.70. The number of carbonyl (C=O) groups excluding carboxylic acids is 2. The Hall–Kier alpha value is -1.06. The predicted molar refractivity (Wildman–Crippen MR) is 55.8 cm³/mol. The molecule has 2 N–H and O–H groups in total. The van der Waals surface area contributed by atoms with E-state index in [-0.39, 0.29) is 23.8 Å². The van der Waals surface area contributed by atoms with Crippen molar-refractivity contribution < 1.29 is 9.59 Å². The van der Waals surface area contributed by atoms with Gasteiger partial charge < -0.3 is 10.6 Å². The number of hydrogen-bond donors (Lipinski definition) is 2. The second kappa shape index (κ2) is 5.62. The molecule has 0 aliphatic rings. The minimum atomic E-state index is -0.144. The van der Waals surface area contributed by atoms with Crippen molar-refractivity contribution in [2.24, 2.45) is 5.41 Å². The van der Waals surface area contributed by atoms with E-state index in [9.17, 15) is 9.59 Å². The summed E-state index contributed by atoms with van der Waals surface area (Å²) in [6, 6.07) is 0. The van der Waals surface area contributed by atoms with Gasteiger partial charge in [-0.2, -0.15) is 0 Å². The van der Waals surface area contributed by atoms with Gasteiger partial charge in [-0.25, -0.2) is 0 Å². The van der Waals surface area contributed by atoms with Gasteiger partial charge in [-0.1, -0.05) is 20.8 Å².